The van der Waals surface area contributed by atoms with Crippen molar-refractivity contribution >= 4 is 15.6 Å². The fraction of sp³-hybridized carbons (Fsp3) is 0.889. The lowest BCUT2D eigenvalue weighted by molar-refractivity contribution is -0.117. The Balaban J connectivity index is 3.61. The van der Waals surface area contributed by atoms with Gasteiger partial charge in [0, 0.05) is 13.5 Å². The van der Waals surface area contributed by atoms with Crippen molar-refractivity contribution < 1.29 is 17.9 Å². The third-order valence-corrected chi connectivity index (χ3v) is 3.53. The van der Waals surface area contributed by atoms with Crippen molar-refractivity contribution in [2.45, 2.75) is 26.2 Å². The first-order valence-corrected chi connectivity index (χ1v) is 6.49. The number of unbranched alkanes of at least 4 members (excludes halogenated alkanes) is 1. The van der Waals surface area contributed by atoms with Gasteiger partial charge in [-0.25, -0.2) is 8.42 Å². The molecule has 0 N–H and O–H groups in total. The van der Waals surface area contributed by atoms with Crippen molar-refractivity contribution in [3.8, 4) is 0 Å². The van der Waals surface area contributed by atoms with Crippen LogP contribution in [-0.4, -0.2) is 39.4 Å². The Kier molecular flexibility index (Phi) is 6.74. The fourth-order valence-corrected chi connectivity index (χ4v) is 2.28. The number of ketones is 1. The number of carbonyl (C=O) groups is 1. The molecule has 0 aliphatic rings. The molecule has 5 heteroatoms. The molecule has 0 aromatic carbocycles. The molecule has 0 saturated heterocycles. The van der Waals surface area contributed by atoms with Gasteiger partial charge in [-0.3, -0.25) is 0 Å². The van der Waals surface area contributed by atoms with E-state index in [4.69, 9.17) is 0 Å². The van der Waals surface area contributed by atoms with Crippen LogP contribution in [0.4, 0.5) is 0 Å². The molecule has 0 aliphatic carbocycles. The van der Waals surface area contributed by atoms with Gasteiger partial charge in [0.25, 0.3) is 0 Å². The van der Waals surface area contributed by atoms with Gasteiger partial charge in [0.15, 0.2) is 9.84 Å². The number of carbonyl (C=O) groups excluding carboxylic acids is 1. The molecule has 0 atom stereocenters. The van der Waals surface area contributed by atoms with E-state index in [0.29, 0.717) is 19.3 Å². The second-order valence-corrected chi connectivity index (χ2v) is 5.61. The minimum atomic E-state index is -2.98. The zero-order chi connectivity index (χ0) is 11.0. The highest BCUT2D eigenvalue weighted by Gasteiger charge is 2.09. The highest BCUT2D eigenvalue weighted by molar-refractivity contribution is 7.91. The van der Waals surface area contributed by atoms with Gasteiger partial charge in [0.05, 0.1) is 18.1 Å². The Bertz CT molecular complexity index is 256. The summed E-state index contributed by atoms with van der Waals surface area (Å²) in [7, 11) is -1.50. The second-order valence-electron chi connectivity index (χ2n) is 3.30. The topological polar surface area (TPSA) is 60.4 Å². The third kappa shape index (κ3) is 8.19. The van der Waals surface area contributed by atoms with Crippen LogP contribution in [0.3, 0.4) is 0 Å². The summed E-state index contributed by atoms with van der Waals surface area (Å²) in [5.41, 5.74) is 0. The molecule has 0 rings (SSSR count). The van der Waals surface area contributed by atoms with Crippen LogP contribution in [-0.2, 0) is 19.4 Å². The summed E-state index contributed by atoms with van der Waals surface area (Å²) < 4.78 is 27.2. The molecule has 0 amide bonds. The number of ether oxygens (including phenoxy) is 1. The molecule has 0 fully saturated rings. The highest BCUT2D eigenvalue weighted by atomic mass is 32.2. The van der Waals surface area contributed by atoms with Crippen LogP contribution >= 0.6 is 0 Å². The molecule has 0 aliphatic heterocycles. The van der Waals surface area contributed by atoms with E-state index in [-0.39, 0.29) is 23.9 Å². The molecule has 0 aromatic rings. The summed E-state index contributed by atoms with van der Waals surface area (Å²) in [4.78, 5) is 10.6. The quantitative estimate of drug-likeness (QED) is 0.570. The second kappa shape index (κ2) is 6.95. The van der Waals surface area contributed by atoms with E-state index in [2.05, 4.69) is 4.74 Å². The van der Waals surface area contributed by atoms with Gasteiger partial charge in [0.2, 0.25) is 0 Å². The predicted octanol–water partition coefficient (Wildman–Crippen LogP) is 0.807. The number of sulfone groups is 1. The van der Waals surface area contributed by atoms with Crippen molar-refractivity contribution in [3.63, 3.8) is 0 Å². The number of hydrogen-bond acceptors (Lipinski definition) is 4. The Morgan fingerprint density at radius 1 is 1.21 bits per heavy atom. The molecule has 0 saturated carbocycles. The third-order valence-electron chi connectivity index (χ3n) is 1.83. The minimum absolute atomic E-state index is 0.0730. The Morgan fingerprint density at radius 2 is 1.86 bits per heavy atom. The molecule has 0 spiro atoms. The van der Waals surface area contributed by atoms with Gasteiger partial charge in [-0.15, -0.1) is 0 Å². The molecule has 0 unspecified atom stereocenters. The minimum Gasteiger partial charge on any atom is -0.384 e. The molecule has 0 aromatic heterocycles. The molecule has 14 heavy (non-hydrogen) atoms. The van der Waals surface area contributed by atoms with Crippen LogP contribution in [0.25, 0.3) is 0 Å². The van der Waals surface area contributed by atoms with E-state index in [1.807, 2.05) is 0 Å². The lowest BCUT2D eigenvalue weighted by Crippen LogP contribution is -2.15. The lowest BCUT2D eigenvalue weighted by Gasteiger charge is -2.02. The Morgan fingerprint density at radius 3 is 2.36 bits per heavy atom. The number of hydrogen-bond donors (Lipinski definition) is 0. The molecule has 0 radical (unpaired) electrons. The van der Waals surface area contributed by atoms with Gasteiger partial charge < -0.3 is 9.53 Å². The van der Waals surface area contributed by atoms with Crippen molar-refractivity contribution in [1.29, 1.82) is 0 Å². The summed E-state index contributed by atoms with van der Waals surface area (Å²) in [5.74, 6) is 0.340. The standard InChI is InChI=1S/C9H18O4S/c1-9(10)5-3-4-7-14(11,12)8-6-13-2/h3-8H2,1-2H3. The van der Waals surface area contributed by atoms with E-state index >= 15 is 0 Å². The summed E-state index contributed by atoms with van der Waals surface area (Å²) in [6, 6.07) is 0. The molecule has 4 nitrogen and oxygen atoms in total. The molecule has 0 heterocycles. The van der Waals surface area contributed by atoms with E-state index in [1.54, 1.807) is 0 Å². The maximum Gasteiger partial charge on any atom is 0.152 e. The number of rotatable bonds is 8. The van der Waals surface area contributed by atoms with Gasteiger partial charge >= 0.3 is 0 Å². The van der Waals surface area contributed by atoms with Crippen LogP contribution in [0.15, 0.2) is 0 Å². The lowest BCUT2D eigenvalue weighted by atomic mass is 10.2. The van der Waals surface area contributed by atoms with E-state index in [1.165, 1.54) is 14.0 Å². The zero-order valence-electron chi connectivity index (χ0n) is 8.78. The maximum absolute atomic E-state index is 11.3. The normalized spacial score (nSPS) is 11.6. The predicted molar refractivity (Wildman–Crippen MR) is 55.1 cm³/mol. The van der Waals surface area contributed by atoms with Crippen LogP contribution in [0.1, 0.15) is 26.2 Å². The molecule has 84 valence electrons. The monoisotopic (exact) mass is 222 g/mol. The van der Waals surface area contributed by atoms with Crippen molar-refractivity contribution in [2.75, 3.05) is 25.2 Å². The summed E-state index contributed by atoms with van der Waals surface area (Å²) in [6.45, 7) is 1.76. The van der Waals surface area contributed by atoms with Gasteiger partial charge in [0.1, 0.15) is 5.78 Å². The summed E-state index contributed by atoms with van der Waals surface area (Å²) >= 11 is 0. The number of Topliss-reactive ketones (excluding diaryl/α,β-unsaturated/α-hetero) is 1. The fourth-order valence-electron chi connectivity index (χ4n) is 1.01. The van der Waals surface area contributed by atoms with E-state index in [0.717, 1.165) is 0 Å². The summed E-state index contributed by atoms with van der Waals surface area (Å²) in [6.07, 6.45) is 1.69. The van der Waals surface area contributed by atoms with Crippen molar-refractivity contribution in [3.05, 3.63) is 0 Å². The van der Waals surface area contributed by atoms with E-state index < -0.39 is 9.84 Å². The maximum atomic E-state index is 11.3. The van der Waals surface area contributed by atoms with Gasteiger partial charge in [-0.2, -0.15) is 0 Å². The Labute approximate surface area is 85.6 Å². The highest BCUT2D eigenvalue weighted by Crippen LogP contribution is 2.01. The largest absolute Gasteiger partial charge is 0.384 e. The van der Waals surface area contributed by atoms with Gasteiger partial charge in [-0.1, -0.05) is 0 Å². The van der Waals surface area contributed by atoms with Crippen LogP contribution in [0, 0.1) is 0 Å². The van der Waals surface area contributed by atoms with Crippen molar-refractivity contribution in [1.82, 2.24) is 0 Å². The molecular formula is C9H18O4S. The first kappa shape index (κ1) is 13.6. The average Bonchev–Trinajstić information content (AvgIpc) is 2.09. The summed E-state index contributed by atoms with van der Waals surface area (Å²) in [5, 5.41) is 0. The van der Waals surface area contributed by atoms with Crippen LogP contribution in [0.2, 0.25) is 0 Å². The zero-order valence-corrected chi connectivity index (χ0v) is 9.60. The smallest absolute Gasteiger partial charge is 0.152 e. The first-order valence-electron chi connectivity index (χ1n) is 4.67. The van der Waals surface area contributed by atoms with E-state index in [9.17, 15) is 13.2 Å². The first-order chi connectivity index (χ1) is 6.48. The van der Waals surface area contributed by atoms with Crippen LogP contribution < -0.4 is 0 Å². The van der Waals surface area contributed by atoms with Crippen LogP contribution in [0.5, 0.6) is 0 Å². The van der Waals surface area contributed by atoms with Crippen molar-refractivity contribution in [2.24, 2.45) is 0 Å². The molecular weight excluding hydrogens is 204 g/mol. The average molecular weight is 222 g/mol. The Hall–Kier alpha value is -0.420. The molecule has 0 bridgehead atoms. The van der Waals surface area contributed by atoms with Gasteiger partial charge in [-0.05, 0) is 19.8 Å². The SMILES string of the molecule is COCCS(=O)(=O)CCCCC(C)=O. The number of methoxy groups -OCH3 is 1.